The Balaban J connectivity index is 1.82. The van der Waals surface area contributed by atoms with Crippen LogP contribution in [0.25, 0.3) is 0 Å². The number of phenols is 2. The van der Waals surface area contributed by atoms with E-state index >= 15 is 0 Å². The van der Waals surface area contributed by atoms with Crippen molar-refractivity contribution in [3.63, 3.8) is 0 Å². The van der Waals surface area contributed by atoms with Gasteiger partial charge in [0.2, 0.25) is 59.1 Å². The van der Waals surface area contributed by atoms with Crippen LogP contribution in [-0.4, -0.2) is 192 Å². The molecule has 29 heteroatoms. The van der Waals surface area contributed by atoms with Crippen LogP contribution in [-0.2, 0) is 65.6 Å². The number of primary amides is 2. The zero-order valence-corrected chi connectivity index (χ0v) is 41.5. The highest BCUT2D eigenvalue weighted by molar-refractivity contribution is 5.98. The number of hydrogen-bond acceptors (Lipinski definition) is 18. The van der Waals surface area contributed by atoms with Crippen molar-refractivity contribution in [1.82, 2.24) is 42.1 Å². The third-order valence-electron chi connectivity index (χ3n) is 11.9. The predicted octanol–water partition coefficient (Wildman–Crippen LogP) is -7.04. The fourth-order valence-electron chi connectivity index (χ4n) is 7.66. The molecule has 76 heavy (non-hydrogen) atoms. The molecule has 0 bridgehead atoms. The summed E-state index contributed by atoms with van der Waals surface area (Å²) in [5.41, 5.74) is 16.9. The molecular formula is C47H67N11O18. The van der Waals surface area contributed by atoms with Gasteiger partial charge < -0.3 is 95.1 Å². The van der Waals surface area contributed by atoms with E-state index in [1.165, 1.54) is 48.5 Å². The molecular weight excluding hydrogens is 1010 g/mol. The Morgan fingerprint density at radius 2 is 0.961 bits per heavy atom. The first-order valence-corrected chi connectivity index (χ1v) is 23.9. The van der Waals surface area contributed by atoms with Crippen LogP contribution in [0.15, 0.2) is 48.5 Å². The number of aliphatic carboxylic acids is 1. The summed E-state index contributed by atoms with van der Waals surface area (Å²) in [7, 11) is 0. The van der Waals surface area contributed by atoms with Gasteiger partial charge in [-0.3, -0.25) is 47.9 Å². The summed E-state index contributed by atoms with van der Waals surface area (Å²) in [6.07, 6.45) is -5.00. The minimum Gasteiger partial charge on any atom is -0.508 e. The van der Waals surface area contributed by atoms with Gasteiger partial charge in [0.05, 0.1) is 31.5 Å². The fourth-order valence-corrected chi connectivity index (χ4v) is 7.66. The maximum Gasteiger partial charge on any atom is 0.328 e. The lowest BCUT2D eigenvalue weighted by molar-refractivity contribution is -0.146. The number of carbonyl (C=O) groups excluding carboxylic acids is 10. The molecule has 2 aromatic rings. The van der Waals surface area contributed by atoms with Crippen molar-refractivity contribution < 1.29 is 88.5 Å². The predicted molar refractivity (Wildman–Crippen MR) is 262 cm³/mol. The van der Waals surface area contributed by atoms with Gasteiger partial charge in [0, 0.05) is 32.2 Å². The van der Waals surface area contributed by atoms with E-state index in [0.717, 1.165) is 18.7 Å². The third kappa shape index (κ3) is 19.4. The molecule has 29 nitrogen and oxygen atoms in total. The van der Waals surface area contributed by atoms with E-state index in [1.807, 2.05) is 0 Å². The molecule has 1 heterocycles. The van der Waals surface area contributed by atoms with Crippen molar-refractivity contribution in [2.75, 3.05) is 19.8 Å². The summed E-state index contributed by atoms with van der Waals surface area (Å²) >= 11 is 0. The number of hydrogen-bond donors (Lipinski definition) is 17. The molecule has 0 aromatic heterocycles. The van der Waals surface area contributed by atoms with E-state index in [1.54, 1.807) is 0 Å². The first kappa shape index (κ1) is 62.3. The highest BCUT2D eigenvalue weighted by Gasteiger charge is 2.42. The summed E-state index contributed by atoms with van der Waals surface area (Å²) in [6, 6.07) is -4.09. The molecule has 0 spiro atoms. The molecule has 11 atom stereocenters. The van der Waals surface area contributed by atoms with Crippen molar-refractivity contribution in [3.8, 4) is 11.5 Å². The number of nitrogens with one attached hydrogen (secondary N) is 7. The number of carboxylic acids is 1. The Morgan fingerprint density at radius 3 is 1.42 bits per heavy atom. The molecule has 0 saturated carbocycles. The first-order valence-electron chi connectivity index (χ1n) is 23.9. The Hall–Kier alpha value is -7.99. The van der Waals surface area contributed by atoms with E-state index in [2.05, 4.69) is 37.2 Å². The summed E-state index contributed by atoms with van der Waals surface area (Å²) in [5.74, 6) is -12.1. The number of nitrogens with zero attached hydrogens (tertiary/aromatic N) is 1. The van der Waals surface area contributed by atoms with Crippen LogP contribution in [0.5, 0.6) is 11.5 Å². The van der Waals surface area contributed by atoms with Gasteiger partial charge in [-0.25, -0.2) is 4.79 Å². The number of carboxylic acid groups (broad SMARTS) is 1. The lowest BCUT2D eigenvalue weighted by atomic mass is 10.0. The first-order chi connectivity index (χ1) is 35.8. The molecule has 0 aliphatic carbocycles. The Bertz CT molecular complexity index is 2390. The minimum absolute atomic E-state index is 0.0160. The number of carbonyl (C=O) groups is 11. The van der Waals surface area contributed by atoms with Crippen LogP contribution in [0.2, 0.25) is 0 Å². The Morgan fingerprint density at radius 1 is 0.566 bits per heavy atom. The second-order valence-corrected chi connectivity index (χ2v) is 18.0. The molecule has 1 fully saturated rings. The Labute approximate surface area is 434 Å². The number of aliphatic hydroxyl groups excluding tert-OH is 4. The highest BCUT2D eigenvalue weighted by atomic mass is 16.4. The number of aromatic hydroxyl groups is 2. The van der Waals surface area contributed by atoms with Gasteiger partial charge in [-0.2, -0.15) is 0 Å². The lowest BCUT2D eigenvalue weighted by Gasteiger charge is -2.32. The SMILES string of the molecule is C[C@@H](O)[C@H](NC(=O)[C@H](Cc1ccc(O)cc1)NC(=O)[C@@H]1CCCN1C(=O)[C@@H](NC(=O)[C@H](CO)NC(=O)[C@H](Cc1ccc(O)cc1)NC(=O)[C@H](CO)NC(=O)[C@H](CCC(N)=O)NC(=O)[C@@H](N)CCC(N)=O)[C@@H](C)O)C(=O)O. The minimum atomic E-state index is -1.91. The molecule has 2 aromatic carbocycles. The molecule has 20 N–H and O–H groups in total. The smallest absolute Gasteiger partial charge is 0.328 e. The number of amides is 10. The second kappa shape index (κ2) is 29.8. The van der Waals surface area contributed by atoms with Gasteiger partial charge in [0.15, 0.2) is 6.04 Å². The number of likely N-dealkylation sites (tertiary alicyclic amines) is 1. The maximum atomic E-state index is 14.1. The third-order valence-corrected chi connectivity index (χ3v) is 11.9. The average Bonchev–Trinajstić information content (AvgIpc) is 3.86. The number of benzene rings is 2. The summed E-state index contributed by atoms with van der Waals surface area (Å²) < 4.78 is 0. The maximum absolute atomic E-state index is 14.1. The standard InChI is InChI=1S/C47H67N11O18/c1-22(61)37(46(74)58-17-3-4-34(58)45(73)53-31(19-25-7-11-27(64)12-8-25)42(70)57-38(23(2)62)47(75)76)56-44(72)33(21-60)55-41(69)30(18-24-5-9-26(63)10-6-24)52-43(71)32(20-59)54-40(68)29(14-16-36(50)66)51-39(67)28(48)13-15-35(49)65/h5-12,22-23,28-34,37-38,59-64H,3-4,13-21,48H2,1-2H3,(H2,49,65)(H2,50,66)(H,51,67)(H,52,71)(H,53,73)(H,54,68)(H,55,69)(H,56,72)(H,57,70)(H,75,76)/t22-,23-,28+,29+,30+,31+,32+,33+,34+,37+,38+/m1/s1. The molecule has 1 aliphatic heterocycles. The van der Waals surface area contributed by atoms with Gasteiger partial charge in [-0.05, 0) is 74.9 Å². The van der Waals surface area contributed by atoms with Crippen molar-refractivity contribution >= 4 is 65.0 Å². The van der Waals surface area contributed by atoms with Crippen LogP contribution in [0.1, 0.15) is 63.5 Å². The van der Waals surface area contributed by atoms with E-state index in [4.69, 9.17) is 17.2 Å². The molecule has 418 valence electrons. The molecule has 10 amide bonds. The number of aliphatic hydroxyl groups is 4. The number of phenolic OH excluding ortho intramolecular Hbond substituents is 2. The van der Waals surface area contributed by atoms with E-state index < -0.39 is 164 Å². The van der Waals surface area contributed by atoms with Crippen molar-refractivity contribution in [3.05, 3.63) is 59.7 Å². The van der Waals surface area contributed by atoms with Crippen LogP contribution in [0.4, 0.5) is 0 Å². The zero-order chi connectivity index (χ0) is 57.0. The van der Waals surface area contributed by atoms with E-state index in [9.17, 15) is 88.5 Å². The van der Waals surface area contributed by atoms with E-state index in [0.29, 0.717) is 11.1 Å². The summed E-state index contributed by atoms with van der Waals surface area (Å²) in [6.45, 7) is -0.109. The van der Waals surface area contributed by atoms with Crippen molar-refractivity contribution in [2.24, 2.45) is 17.2 Å². The molecule has 0 radical (unpaired) electrons. The molecule has 0 unspecified atom stereocenters. The van der Waals surface area contributed by atoms with Crippen LogP contribution >= 0.6 is 0 Å². The summed E-state index contributed by atoms with van der Waals surface area (Å²) in [5, 5.41) is 86.5. The number of rotatable bonds is 30. The van der Waals surface area contributed by atoms with Crippen LogP contribution < -0.4 is 54.4 Å². The Kier molecular flexibility index (Phi) is 24.4. The zero-order valence-electron chi connectivity index (χ0n) is 41.5. The highest BCUT2D eigenvalue weighted by Crippen LogP contribution is 2.21. The molecule has 3 rings (SSSR count). The number of nitrogens with two attached hydrogens (primary N) is 3. The lowest BCUT2D eigenvalue weighted by Crippen LogP contribution is -2.62. The molecule has 1 aliphatic rings. The van der Waals surface area contributed by atoms with Crippen molar-refractivity contribution in [1.29, 1.82) is 0 Å². The molecule has 1 saturated heterocycles. The van der Waals surface area contributed by atoms with E-state index in [-0.39, 0.29) is 50.1 Å². The average molecular weight is 1070 g/mol. The monoisotopic (exact) mass is 1070 g/mol. The van der Waals surface area contributed by atoms with Gasteiger partial charge in [0.25, 0.3) is 0 Å². The fraction of sp³-hybridized carbons (Fsp3) is 0.511. The second-order valence-electron chi connectivity index (χ2n) is 18.0. The van der Waals surface area contributed by atoms with Gasteiger partial charge in [-0.1, -0.05) is 24.3 Å². The quantitative estimate of drug-likeness (QED) is 0.0346. The van der Waals surface area contributed by atoms with Gasteiger partial charge in [-0.15, -0.1) is 0 Å². The van der Waals surface area contributed by atoms with Gasteiger partial charge in [0.1, 0.15) is 53.8 Å². The van der Waals surface area contributed by atoms with Crippen LogP contribution in [0.3, 0.4) is 0 Å². The summed E-state index contributed by atoms with van der Waals surface area (Å²) in [4.78, 5) is 145. The normalized spacial score (nSPS) is 17.0. The largest absolute Gasteiger partial charge is 0.508 e. The van der Waals surface area contributed by atoms with Crippen LogP contribution in [0, 0.1) is 0 Å². The van der Waals surface area contributed by atoms with Gasteiger partial charge >= 0.3 is 5.97 Å². The van der Waals surface area contributed by atoms with Crippen molar-refractivity contribution in [2.45, 2.75) is 132 Å². The topological polar surface area (TPSA) is 495 Å².